The Morgan fingerprint density at radius 3 is 2.29 bits per heavy atom. The first kappa shape index (κ1) is 16.8. The number of piperazine rings is 1. The van der Waals surface area contributed by atoms with Crippen LogP contribution in [0.5, 0.6) is 0 Å². The van der Waals surface area contributed by atoms with Crippen LogP contribution in [0.3, 0.4) is 0 Å². The Bertz CT molecular complexity index is 305. The summed E-state index contributed by atoms with van der Waals surface area (Å²) < 4.78 is 0. The highest BCUT2D eigenvalue weighted by Crippen LogP contribution is 2.26. The van der Waals surface area contributed by atoms with Gasteiger partial charge in [0.05, 0.1) is 0 Å². The van der Waals surface area contributed by atoms with Crippen LogP contribution < -0.4 is 5.73 Å². The van der Waals surface area contributed by atoms with Crippen LogP contribution in [0.15, 0.2) is 0 Å². The fourth-order valence-corrected chi connectivity index (χ4v) is 3.64. The minimum atomic E-state index is 0.397. The van der Waals surface area contributed by atoms with E-state index in [9.17, 15) is 4.79 Å². The van der Waals surface area contributed by atoms with Gasteiger partial charge in [0.2, 0.25) is 5.91 Å². The zero-order chi connectivity index (χ0) is 15.1. The number of hydrogen-bond donors (Lipinski definition) is 1. The summed E-state index contributed by atoms with van der Waals surface area (Å²) in [6, 6.07) is 0. The van der Waals surface area contributed by atoms with Gasteiger partial charge in [-0.15, -0.1) is 0 Å². The monoisotopic (exact) mass is 295 g/mol. The molecule has 1 aliphatic carbocycles. The van der Waals surface area contributed by atoms with Crippen LogP contribution in [0, 0.1) is 11.8 Å². The number of amides is 1. The van der Waals surface area contributed by atoms with Crippen molar-refractivity contribution in [1.82, 2.24) is 9.80 Å². The summed E-state index contributed by atoms with van der Waals surface area (Å²) in [5, 5.41) is 0. The lowest BCUT2D eigenvalue weighted by Crippen LogP contribution is -2.50. The summed E-state index contributed by atoms with van der Waals surface area (Å²) >= 11 is 0. The van der Waals surface area contributed by atoms with Gasteiger partial charge in [0.15, 0.2) is 0 Å². The molecule has 2 rings (SSSR count). The number of nitrogens with two attached hydrogens (primary N) is 1. The molecule has 0 aromatic rings. The molecule has 0 bridgehead atoms. The van der Waals surface area contributed by atoms with Crippen molar-refractivity contribution in [2.75, 3.05) is 39.3 Å². The first-order valence-electron chi connectivity index (χ1n) is 8.89. The largest absolute Gasteiger partial charge is 0.340 e. The van der Waals surface area contributed by atoms with E-state index >= 15 is 0 Å². The quantitative estimate of drug-likeness (QED) is 0.790. The Labute approximate surface area is 130 Å². The van der Waals surface area contributed by atoms with Crippen molar-refractivity contribution < 1.29 is 4.79 Å². The molecular weight excluding hydrogens is 262 g/mol. The average Bonchev–Trinajstić information content (AvgIpc) is 2.76. The zero-order valence-corrected chi connectivity index (χ0v) is 13.7. The molecule has 1 saturated carbocycles. The number of hydrogen-bond acceptors (Lipinski definition) is 3. The van der Waals surface area contributed by atoms with Crippen LogP contribution in [0.25, 0.3) is 0 Å². The molecule has 1 unspecified atom stereocenters. The normalized spacial score (nSPS) is 23.8. The van der Waals surface area contributed by atoms with Crippen molar-refractivity contribution in [2.24, 2.45) is 17.6 Å². The molecule has 2 fully saturated rings. The highest BCUT2D eigenvalue weighted by atomic mass is 16.2. The van der Waals surface area contributed by atoms with Crippen molar-refractivity contribution in [3.05, 3.63) is 0 Å². The van der Waals surface area contributed by atoms with Crippen LogP contribution in [-0.2, 0) is 4.79 Å². The fourth-order valence-electron chi connectivity index (χ4n) is 3.64. The Hall–Kier alpha value is -0.610. The number of rotatable bonds is 5. The van der Waals surface area contributed by atoms with Gasteiger partial charge in [-0.3, -0.25) is 9.69 Å². The van der Waals surface area contributed by atoms with Crippen LogP contribution in [0.1, 0.15) is 51.9 Å². The van der Waals surface area contributed by atoms with Gasteiger partial charge >= 0.3 is 0 Å². The summed E-state index contributed by atoms with van der Waals surface area (Å²) in [4.78, 5) is 17.0. The standard InChI is InChI=1S/C17H33N3O/c1-15(13-18)14-19-8-10-20(11-9-19)17(21)12-16-6-4-2-3-5-7-16/h15-16H,2-14,18H2,1H3. The minimum absolute atomic E-state index is 0.397. The van der Waals surface area contributed by atoms with Crippen LogP contribution >= 0.6 is 0 Å². The van der Waals surface area contributed by atoms with Crippen molar-refractivity contribution in [2.45, 2.75) is 51.9 Å². The SMILES string of the molecule is CC(CN)CN1CCN(C(=O)CC2CCCCCC2)CC1. The van der Waals surface area contributed by atoms with Gasteiger partial charge in [0.25, 0.3) is 0 Å². The van der Waals surface area contributed by atoms with Gasteiger partial charge in [0, 0.05) is 39.1 Å². The number of carbonyl (C=O) groups is 1. The molecule has 2 N–H and O–H groups in total. The van der Waals surface area contributed by atoms with Crippen molar-refractivity contribution in [3.63, 3.8) is 0 Å². The van der Waals surface area contributed by atoms with Gasteiger partial charge in [-0.25, -0.2) is 0 Å². The molecule has 1 amide bonds. The summed E-state index contributed by atoms with van der Waals surface area (Å²) in [7, 11) is 0. The van der Waals surface area contributed by atoms with Crippen molar-refractivity contribution >= 4 is 5.91 Å². The van der Waals surface area contributed by atoms with Crippen LogP contribution in [0.4, 0.5) is 0 Å². The molecule has 4 nitrogen and oxygen atoms in total. The molecule has 21 heavy (non-hydrogen) atoms. The Balaban J connectivity index is 1.70. The van der Waals surface area contributed by atoms with E-state index in [2.05, 4.69) is 16.7 Å². The second-order valence-corrected chi connectivity index (χ2v) is 7.08. The molecule has 1 aliphatic heterocycles. The topological polar surface area (TPSA) is 49.6 Å². The van der Waals surface area contributed by atoms with Crippen molar-refractivity contribution in [1.29, 1.82) is 0 Å². The Kier molecular flexibility index (Phi) is 6.97. The molecule has 1 heterocycles. The fraction of sp³-hybridized carbons (Fsp3) is 0.941. The van der Waals surface area contributed by atoms with E-state index in [1.807, 2.05) is 0 Å². The maximum Gasteiger partial charge on any atom is 0.222 e. The molecule has 122 valence electrons. The second kappa shape index (κ2) is 8.74. The Morgan fingerprint density at radius 1 is 1.10 bits per heavy atom. The Morgan fingerprint density at radius 2 is 1.71 bits per heavy atom. The highest BCUT2D eigenvalue weighted by Gasteiger charge is 2.24. The lowest BCUT2D eigenvalue weighted by Gasteiger charge is -2.36. The van der Waals surface area contributed by atoms with E-state index in [0.717, 1.165) is 45.7 Å². The minimum Gasteiger partial charge on any atom is -0.340 e. The molecule has 0 aromatic carbocycles. The first-order valence-corrected chi connectivity index (χ1v) is 8.89. The van der Waals surface area contributed by atoms with E-state index < -0.39 is 0 Å². The molecule has 0 aromatic heterocycles. The third-order valence-corrected chi connectivity index (χ3v) is 5.14. The summed E-state index contributed by atoms with van der Waals surface area (Å²) in [6.07, 6.45) is 8.69. The molecule has 4 heteroatoms. The summed E-state index contributed by atoms with van der Waals surface area (Å²) in [5.41, 5.74) is 5.69. The lowest BCUT2D eigenvalue weighted by molar-refractivity contribution is -0.134. The zero-order valence-electron chi connectivity index (χ0n) is 13.7. The van der Waals surface area contributed by atoms with Gasteiger partial charge in [-0.1, -0.05) is 32.6 Å². The first-order chi connectivity index (χ1) is 10.2. The number of carbonyl (C=O) groups excluding carboxylic acids is 1. The highest BCUT2D eigenvalue weighted by molar-refractivity contribution is 5.76. The summed E-state index contributed by atoms with van der Waals surface area (Å²) in [6.45, 7) is 7.86. The molecule has 1 saturated heterocycles. The molecule has 0 radical (unpaired) electrons. The van der Waals surface area contributed by atoms with Gasteiger partial charge in [-0.05, 0) is 31.2 Å². The van der Waals surface area contributed by atoms with Crippen molar-refractivity contribution in [3.8, 4) is 0 Å². The van der Waals surface area contributed by atoms with E-state index in [1.54, 1.807) is 0 Å². The molecule has 1 atom stereocenters. The maximum absolute atomic E-state index is 12.5. The second-order valence-electron chi connectivity index (χ2n) is 7.08. The predicted molar refractivity (Wildman–Crippen MR) is 87.0 cm³/mol. The third kappa shape index (κ3) is 5.59. The van der Waals surface area contributed by atoms with E-state index in [1.165, 1.54) is 38.5 Å². The average molecular weight is 295 g/mol. The van der Waals surface area contributed by atoms with E-state index in [4.69, 9.17) is 5.73 Å². The third-order valence-electron chi connectivity index (χ3n) is 5.14. The lowest BCUT2D eigenvalue weighted by atomic mass is 9.96. The number of nitrogens with zero attached hydrogens (tertiary/aromatic N) is 2. The van der Waals surface area contributed by atoms with Gasteiger partial charge < -0.3 is 10.6 Å². The van der Waals surface area contributed by atoms with Gasteiger partial charge in [0.1, 0.15) is 0 Å². The smallest absolute Gasteiger partial charge is 0.222 e. The maximum atomic E-state index is 12.5. The summed E-state index contributed by atoms with van der Waals surface area (Å²) in [5.74, 6) is 1.60. The predicted octanol–water partition coefficient (Wildman–Crippen LogP) is 2.09. The van der Waals surface area contributed by atoms with E-state index in [-0.39, 0.29) is 0 Å². The van der Waals surface area contributed by atoms with Gasteiger partial charge in [-0.2, -0.15) is 0 Å². The van der Waals surface area contributed by atoms with Crippen LogP contribution in [-0.4, -0.2) is 55.0 Å². The van der Waals surface area contributed by atoms with E-state index in [0.29, 0.717) is 17.7 Å². The molecular formula is C17H33N3O. The van der Waals surface area contributed by atoms with Crippen LogP contribution in [0.2, 0.25) is 0 Å². The molecule has 2 aliphatic rings. The molecule has 0 spiro atoms.